The standard InChI is InChI=1S/C21H36N4O2/c1-17(2)27-20-15-18(3)7-8-19(20)16-24-21(22-4)23-9-5-6-10-25-11-13-26-14-12-25/h7-8,15,17H,5-6,9-14,16H2,1-4H3,(H2,22,23,24). The van der Waals surface area contributed by atoms with Gasteiger partial charge in [0.15, 0.2) is 5.96 Å². The molecule has 0 aliphatic carbocycles. The van der Waals surface area contributed by atoms with E-state index >= 15 is 0 Å². The second-order valence-electron chi connectivity index (χ2n) is 7.29. The van der Waals surface area contributed by atoms with Gasteiger partial charge in [-0.05, 0) is 51.8 Å². The fourth-order valence-corrected chi connectivity index (χ4v) is 3.06. The Morgan fingerprint density at radius 2 is 2.00 bits per heavy atom. The number of unbranched alkanes of at least 4 members (excludes halogenated alkanes) is 1. The minimum atomic E-state index is 0.162. The van der Waals surface area contributed by atoms with Gasteiger partial charge in [0.05, 0.1) is 19.3 Å². The summed E-state index contributed by atoms with van der Waals surface area (Å²) in [6.45, 7) is 12.8. The van der Waals surface area contributed by atoms with Crippen molar-refractivity contribution in [2.45, 2.75) is 46.3 Å². The number of morpholine rings is 1. The van der Waals surface area contributed by atoms with Gasteiger partial charge in [0.25, 0.3) is 0 Å². The van der Waals surface area contributed by atoms with Crippen molar-refractivity contribution in [3.05, 3.63) is 29.3 Å². The molecule has 1 aromatic rings. The number of hydrogen-bond acceptors (Lipinski definition) is 4. The van der Waals surface area contributed by atoms with Crippen molar-refractivity contribution in [1.82, 2.24) is 15.5 Å². The van der Waals surface area contributed by atoms with Crippen molar-refractivity contribution in [2.75, 3.05) is 46.4 Å². The molecule has 0 saturated carbocycles. The van der Waals surface area contributed by atoms with E-state index in [1.54, 1.807) is 0 Å². The molecule has 0 amide bonds. The van der Waals surface area contributed by atoms with E-state index in [4.69, 9.17) is 9.47 Å². The van der Waals surface area contributed by atoms with Crippen LogP contribution in [-0.4, -0.2) is 63.4 Å². The molecule has 1 aliphatic heterocycles. The fourth-order valence-electron chi connectivity index (χ4n) is 3.06. The molecular formula is C21H36N4O2. The van der Waals surface area contributed by atoms with Crippen LogP contribution in [0, 0.1) is 6.92 Å². The fraction of sp³-hybridized carbons (Fsp3) is 0.667. The van der Waals surface area contributed by atoms with Crippen LogP contribution in [0.25, 0.3) is 0 Å². The largest absolute Gasteiger partial charge is 0.491 e. The lowest BCUT2D eigenvalue weighted by molar-refractivity contribution is 0.0372. The number of ether oxygens (including phenoxy) is 2. The average molecular weight is 377 g/mol. The molecule has 6 heteroatoms. The summed E-state index contributed by atoms with van der Waals surface area (Å²) in [5.74, 6) is 1.77. The number of benzene rings is 1. The monoisotopic (exact) mass is 376 g/mol. The van der Waals surface area contributed by atoms with E-state index in [1.165, 1.54) is 12.0 Å². The minimum Gasteiger partial charge on any atom is -0.491 e. The second-order valence-corrected chi connectivity index (χ2v) is 7.29. The minimum absolute atomic E-state index is 0.162. The SMILES string of the molecule is CN=C(NCCCCN1CCOCC1)NCc1ccc(C)cc1OC(C)C. The molecule has 1 aliphatic rings. The second kappa shape index (κ2) is 11.8. The zero-order valence-electron chi connectivity index (χ0n) is 17.4. The Balaban J connectivity index is 1.70. The molecule has 1 aromatic carbocycles. The molecule has 2 N–H and O–H groups in total. The Morgan fingerprint density at radius 3 is 2.70 bits per heavy atom. The van der Waals surface area contributed by atoms with E-state index in [1.807, 2.05) is 7.05 Å². The summed E-state index contributed by atoms with van der Waals surface area (Å²) >= 11 is 0. The molecule has 1 heterocycles. The lowest BCUT2D eigenvalue weighted by Gasteiger charge is -2.26. The Bertz CT molecular complexity index is 584. The summed E-state index contributed by atoms with van der Waals surface area (Å²) in [5, 5.41) is 6.79. The van der Waals surface area contributed by atoms with Crippen molar-refractivity contribution >= 4 is 5.96 Å². The third-order valence-corrected chi connectivity index (χ3v) is 4.55. The molecule has 0 spiro atoms. The first-order chi connectivity index (χ1) is 13.1. The van der Waals surface area contributed by atoms with Gasteiger partial charge < -0.3 is 20.1 Å². The van der Waals surface area contributed by atoms with Crippen molar-refractivity contribution < 1.29 is 9.47 Å². The van der Waals surface area contributed by atoms with Crippen LogP contribution in [0.1, 0.15) is 37.8 Å². The van der Waals surface area contributed by atoms with Crippen molar-refractivity contribution in [3.63, 3.8) is 0 Å². The molecule has 2 rings (SSSR count). The van der Waals surface area contributed by atoms with E-state index in [2.05, 4.69) is 59.5 Å². The van der Waals surface area contributed by atoms with E-state index < -0.39 is 0 Å². The first-order valence-electron chi connectivity index (χ1n) is 10.1. The van der Waals surface area contributed by atoms with Gasteiger partial charge in [0.2, 0.25) is 0 Å². The highest BCUT2D eigenvalue weighted by Crippen LogP contribution is 2.21. The number of nitrogens with one attached hydrogen (secondary N) is 2. The first kappa shape index (κ1) is 21.5. The summed E-state index contributed by atoms with van der Waals surface area (Å²) in [4.78, 5) is 6.80. The normalized spacial score (nSPS) is 15.8. The molecule has 1 saturated heterocycles. The smallest absolute Gasteiger partial charge is 0.191 e. The molecule has 0 bridgehead atoms. The molecule has 6 nitrogen and oxygen atoms in total. The molecule has 0 aromatic heterocycles. The van der Waals surface area contributed by atoms with Crippen LogP contribution < -0.4 is 15.4 Å². The van der Waals surface area contributed by atoms with Crippen LogP contribution in [0.4, 0.5) is 0 Å². The Kier molecular flexibility index (Phi) is 9.42. The topological polar surface area (TPSA) is 58.1 Å². The van der Waals surface area contributed by atoms with Crippen molar-refractivity contribution in [1.29, 1.82) is 0 Å². The van der Waals surface area contributed by atoms with Crippen LogP contribution in [0.3, 0.4) is 0 Å². The highest BCUT2D eigenvalue weighted by molar-refractivity contribution is 5.79. The first-order valence-corrected chi connectivity index (χ1v) is 10.1. The van der Waals surface area contributed by atoms with E-state index in [9.17, 15) is 0 Å². The summed E-state index contributed by atoms with van der Waals surface area (Å²) in [6.07, 6.45) is 2.48. The van der Waals surface area contributed by atoms with Crippen LogP contribution in [0.15, 0.2) is 23.2 Å². The third-order valence-electron chi connectivity index (χ3n) is 4.55. The predicted octanol–water partition coefficient (Wildman–Crippen LogP) is 2.56. The molecular weight excluding hydrogens is 340 g/mol. The average Bonchev–Trinajstić information content (AvgIpc) is 2.65. The quantitative estimate of drug-likeness (QED) is 0.394. The van der Waals surface area contributed by atoms with Gasteiger partial charge in [-0.1, -0.05) is 12.1 Å². The summed E-state index contributed by atoms with van der Waals surface area (Å²) < 4.78 is 11.3. The highest BCUT2D eigenvalue weighted by atomic mass is 16.5. The molecule has 0 radical (unpaired) electrons. The summed E-state index contributed by atoms with van der Waals surface area (Å²) in [6, 6.07) is 6.33. The summed E-state index contributed by atoms with van der Waals surface area (Å²) in [5.41, 5.74) is 2.35. The molecule has 27 heavy (non-hydrogen) atoms. The Morgan fingerprint density at radius 1 is 1.22 bits per heavy atom. The number of aryl methyl sites for hydroxylation is 1. The van der Waals surface area contributed by atoms with Crippen LogP contribution in [0.2, 0.25) is 0 Å². The van der Waals surface area contributed by atoms with E-state index in [-0.39, 0.29) is 6.10 Å². The number of aliphatic imine (C=N–C) groups is 1. The Labute approximate surface area is 164 Å². The van der Waals surface area contributed by atoms with Crippen LogP contribution in [-0.2, 0) is 11.3 Å². The van der Waals surface area contributed by atoms with Gasteiger partial charge in [-0.25, -0.2) is 0 Å². The lowest BCUT2D eigenvalue weighted by Crippen LogP contribution is -2.38. The summed E-state index contributed by atoms with van der Waals surface area (Å²) in [7, 11) is 1.81. The maximum absolute atomic E-state index is 5.95. The van der Waals surface area contributed by atoms with E-state index in [0.717, 1.165) is 63.1 Å². The van der Waals surface area contributed by atoms with E-state index in [0.29, 0.717) is 6.54 Å². The van der Waals surface area contributed by atoms with Crippen LogP contribution >= 0.6 is 0 Å². The zero-order chi connectivity index (χ0) is 19.5. The number of rotatable bonds is 9. The lowest BCUT2D eigenvalue weighted by atomic mass is 10.1. The van der Waals surface area contributed by atoms with Crippen LogP contribution in [0.5, 0.6) is 5.75 Å². The number of hydrogen-bond donors (Lipinski definition) is 2. The molecule has 0 unspecified atom stereocenters. The Hall–Kier alpha value is -1.79. The maximum atomic E-state index is 5.95. The predicted molar refractivity (Wildman–Crippen MR) is 112 cm³/mol. The van der Waals surface area contributed by atoms with Crippen molar-refractivity contribution in [2.24, 2.45) is 4.99 Å². The molecule has 152 valence electrons. The van der Waals surface area contributed by atoms with Crippen molar-refractivity contribution in [3.8, 4) is 5.75 Å². The van der Waals surface area contributed by atoms with Gasteiger partial charge in [-0.2, -0.15) is 0 Å². The third kappa shape index (κ3) is 8.18. The van der Waals surface area contributed by atoms with Gasteiger partial charge in [-0.15, -0.1) is 0 Å². The zero-order valence-corrected chi connectivity index (χ0v) is 17.4. The molecule has 0 atom stereocenters. The highest BCUT2D eigenvalue weighted by Gasteiger charge is 2.10. The van der Waals surface area contributed by atoms with Gasteiger partial charge >= 0.3 is 0 Å². The molecule has 1 fully saturated rings. The number of guanidine groups is 1. The van der Waals surface area contributed by atoms with Gasteiger partial charge in [-0.3, -0.25) is 9.89 Å². The van der Waals surface area contributed by atoms with Gasteiger partial charge in [0.1, 0.15) is 5.75 Å². The number of nitrogens with zero attached hydrogens (tertiary/aromatic N) is 2. The van der Waals surface area contributed by atoms with Gasteiger partial charge in [0, 0.05) is 38.8 Å². The maximum Gasteiger partial charge on any atom is 0.191 e.